The molecule has 86 valence electrons. The number of hydrogen-bond donors (Lipinski definition) is 2. The van der Waals surface area contributed by atoms with E-state index in [4.69, 9.17) is 23.1 Å². The van der Waals surface area contributed by atoms with Gasteiger partial charge < -0.3 is 11.5 Å². The third-order valence-electron chi connectivity index (χ3n) is 2.10. The van der Waals surface area contributed by atoms with Crippen molar-refractivity contribution in [1.29, 1.82) is 0 Å². The van der Waals surface area contributed by atoms with Crippen LogP contribution in [0.25, 0.3) is 11.3 Å². The van der Waals surface area contributed by atoms with E-state index >= 15 is 0 Å². The Kier molecular flexibility index (Phi) is 3.25. The first-order chi connectivity index (χ1) is 8.15. The first-order valence-corrected chi connectivity index (χ1v) is 5.35. The van der Waals surface area contributed by atoms with E-state index in [1.165, 1.54) is 0 Å². The number of rotatable bonds is 2. The Labute approximate surface area is 104 Å². The van der Waals surface area contributed by atoms with Crippen molar-refractivity contribution in [2.45, 2.75) is 0 Å². The molecule has 0 amide bonds. The summed E-state index contributed by atoms with van der Waals surface area (Å²) in [4.78, 5) is 8.21. The van der Waals surface area contributed by atoms with E-state index in [-0.39, 0.29) is 5.96 Å². The number of pyridine rings is 1. The third-order valence-corrected chi connectivity index (χ3v) is 2.33. The number of hydrogen-bond acceptors (Lipinski definition) is 2. The lowest BCUT2D eigenvalue weighted by Crippen LogP contribution is -2.22. The second kappa shape index (κ2) is 4.84. The predicted molar refractivity (Wildman–Crippen MR) is 70.2 cm³/mol. The minimum Gasteiger partial charge on any atom is -0.370 e. The third kappa shape index (κ3) is 2.95. The van der Waals surface area contributed by atoms with Crippen LogP contribution in [0.3, 0.4) is 0 Å². The van der Waals surface area contributed by atoms with Gasteiger partial charge in [0.05, 0.1) is 5.69 Å². The van der Waals surface area contributed by atoms with Crippen molar-refractivity contribution in [3.63, 3.8) is 0 Å². The number of benzene rings is 1. The van der Waals surface area contributed by atoms with E-state index in [9.17, 15) is 0 Å². The number of nitrogens with two attached hydrogens (primary N) is 2. The lowest BCUT2D eigenvalue weighted by atomic mass is 10.1. The summed E-state index contributed by atoms with van der Waals surface area (Å²) in [5, 5.41) is 0.663. The fourth-order valence-electron chi connectivity index (χ4n) is 1.43. The first kappa shape index (κ1) is 11.4. The molecule has 0 saturated carbocycles. The monoisotopic (exact) mass is 246 g/mol. The van der Waals surface area contributed by atoms with Gasteiger partial charge >= 0.3 is 0 Å². The SMILES string of the molecule is NC(N)=Nc1cccc(-c2cccc(Cl)c2)n1. The van der Waals surface area contributed by atoms with E-state index in [1.807, 2.05) is 36.4 Å². The van der Waals surface area contributed by atoms with Gasteiger partial charge in [-0.3, -0.25) is 0 Å². The van der Waals surface area contributed by atoms with Gasteiger partial charge in [0.2, 0.25) is 0 Å². The van der Waals surface area contributed by atoms with Crippen LogP contribution in [0, 0.1) is 0 Å². The molecule has 2 aromatic rings. The fourth-order valence-corrected chi connectivity index (χ4v) is 1.62. The summed E-state index contributed by atoms with van der Waals surface area (Å²) in [6, 6.07) is 12.9. The van der Waals surface area contributed by atoms with Crippen LogP contribution in [0.15, 0.2) is 47.5 Å². The quantitative estimate of drug-likeness (QED) is 0.631. The highest BCUT2D eigenvalue weighted by Gasteiger charge is 2.01. The molecule has 1 aromatic carbocycles. The molecule has 0 fully saturated rings. The molecule has 4 nitrogen and oxygen atoms in total. The average molecular weight is 247 g/mol. The molecule has 1 aromatic heterocycles. The molecule has 1 heterocycles. The first-order valence-electron chi connectivity index (χ1n) is 4.98. The van der Waals surface area contributed by atoms with Crippen LogP contribution in [-0.4, -0.2) is 10.9 Å². The molecule has 0 aliphatic rings. The Balaban J connectivity index is 2.43. The lowest BCUT2D eigenvalue weighted by molar-refractivity contribution is 1.26. The van der Waals surface area contributed by atoms with Gasteiger partial charge in [0.25, 0.3) is 0 Å². The van der Waals surface area contributed by atoms with E-state index < -0.39 is 0 Å². The summed E-state index contributed by atoms with van der Waals surface area (Å²) >= 11 is 5.92. The van der Waals surface area contributed by atoms with Crippen molar-refractivity contribution in [3.8, 4) is 11.3 Å². The number of aromatic nitrogens is 1. The normalized spacial score (nSPS) is 9.94. The lowest BCUT2D eigenvalue weighted by Gasteiger charge is -2.02. The van der Waals surface area contributed by atoms with Crippen molar-refractivity contribution in [2.24, 2.45) is 16.5 Å². The van der Waals surface area contributed by atoms with Gasteiger partial charge in [-0.15, -0.1) is 0 Å². The Morgan fingerprint density at radius 3 is 2.59 bits per heavy atom. The van der Waals surface area contributed by atoms with Crippen LogP contribution in [0.4, 0.5) is 5.82 Å². The van der Waals surface area contributed by atoms with E-state index in [0.29, 0.717) is 10.8 Å². The molecule has 0 unspecified atom stereocenters. The summed E-state index contributed by atoms with van der Waals surface area (Å²) in [7, 11) is 0. The number of guanidine groups is 1. The molecular weight excluding hydrogens is 236 g/mol. The number of nitrogens with zero attached hydrogens (tertiary/aromatic N) is 2. The summed E-state index contributed by atoms with van der Waals surface area (Å²) in [6.07, 6.45) is 0. The molecule has 2 rings (SSSR count). The summed E-state index contributed by atoms with van der Waals surface area (Å²) in [5.74, 6) is 0.461. The van der Waals surface area contributed by atoms with Crippen molar-refractivity contribution in [2.75, 3.05) is 0 Å². The maximum absolute atomic E-state index is 5.92. The minimum absolute atomic E-state index is 0.0132. The highest BCUT2D eigenvalue weighted by molar-refractivity contribution is 6.30. The molecule has 0 radical (unpaired) electrons. The molecule has 0 atom stereocenters. The molecule has 0 aliphatic carbocycles. The van der Waals surface area contributed by atoms with Gasteiger partial charge in [0.15, 0.2) is 11.8 Å². The highest BCUT2D eigenvalue weighted by atomic mass is 35.5. The Morgan fingerprint density at radius 1 is 1.12 bits per heavy atom. The van der Waals surface area contributed by atoms with E-state index in [2.05, 4.69) is 9.98 Å². The van der Waals surface area contributed by atoms with Crippen molar-refractivity contribution < 1.29 is 0 Å². The van der Waals surface area contributed by atoms with Crippen LogP contribution in [0.2, 0.25) is 5.02 Å². The van der Waals surface area contributed by atoms with Crippen LogP contribution in [0.5, 0.6) is 0 Å². The zero-order valence-electron chi connectivity index (χ0n) is 8.97. The fraction of sp³-hybridized carbons (Fsp3) is 0. The van der Waals surface area contributed by atoms with Gasteiger partial charge in [-0.1, -0.05) is 29.8 Å². The summed E-state index contributed by atoms with van der Waals surface area (Å²) in [5.41, 5.74) is 12.3. The zero-order chi connectivity index (χ0) is 12.3. The molecule has 17 heavy (non-hydrogen) atoms. The summed E-state index contributed by atoms with van der Waals surface area (Å²) in [6.45, 7) is 0. The molecule has 0 bridgehead atoms. The second-order valence-electron chi connectivity index (χ2n) is 3.43. The van der Waals surface area contributed by atoms with Gasteiger partial charge in [-0.2, -0.15) is 4.99 Å². The maximum Gasteiger partial charge on any atom is 0.192 e. The van der Waals surface area contributed by atoms with Crippen LogP contribution >= 0.6 is 11.6 Å². The molecule has 0 saturated heterocycles. The van der Waals surface area contributed by atoms with Gasteiger partial charge in [-0.25, -0.2) is 4.98 Å². The second-order valence-corrected chi connectivity index (χ2v) is 3.86. The van der Waals surface area contributed by atoms with Crippen molar-refractivity contribution >= 4 is 23.4 Å². The van der Waals surface area contributed by atoms with E-state index in [1.54, 1.807) is 6.07 Å². The molecule has 0 aliphatic heterocycles. The Morgan fingerprint density at radius 2 is 1.88 bits per heavy atom. The van der Waals surface area contributed by atoms with Crippen LogP contribution in [0.1, 0.15) is 0 Å². The van der Waals surface area contributed by atoms with E-state index in [0.717, 1.165) is 11.3 Å². The van der Waals surface area contributed by atoms with Gasteiger partial charge in [0.1, 0.15) is 0 Å². The largest absolute Gasteiger partial charge is 0.370 e. The summed E-state index contributed by atoms with van der Waals surface area (Å²) < 4.78 is 0. The molecule has 4 N–H and O–H groups in total. The predicted octanol–water partition coefficient (Wildman–Crippen LogP) is 2.31. The van der Waals surface area contributed by atoms with Crippen LogP contribution < -0.4 is 11.5 Å². The van der Waals surface area contributed by atoms with Crippen molar-refractivity contribution in [1.82, 2.24) is 4.98 Å². The Bertz CT molecular complexity index is 562. The topological polar surface area (TPSA) is 77.3 Å². The smallest absolute Gasteiger partial charge is 0.192 e. The average Bonchev–Trinajstić information content (AvgIpc) is 2.28. The number of halogens is 1. The van der Waals surface area contributed by atoms with Crippen molar-refractivity contribution in [3.05, 3.63) is 47.5 Å². The standard InChI is InChI=1S/C12H11ClN4/c13-9-4-1-3-8(7-9)10-5-2-6-11(16-10)17-12(14)15/h1-7H,(H4,14,15,16,17). The Hall–Kier alpha value is -2.07. The number of aliphatic imine (C=N–C) groups is 1. The molecule has 0 spiro atoms. The zero-order valence-corrected chi connectivity index (χ0v) is 9.72. The van der Waals surface area contributed by atoms with Gasteiger partial charge in [0, 0.05) is 10.6 Å². The van der Waals surface area contributed by atoms with Gasteiger partial charge in [-0.05, 0) is 24.3 Å². The molecular formula is C12H11ClN4. The minimum atomic E-state index is -0.0132. The maximum atomic E-state index is 5.92. The highest BCUT2D eigenvalue weighted by Crippen LogP contribution is 2.22. The molecule has 5 heteroatoms. The van der Waals surface area contributed by atoms with Crippen LogP contribution in [-0.2, 0) is 0 Å².